The minimum Gasteiger partial charge on any atom is -0.358 e. The molecule has 6 nitrogen and oxygen atoms in total. The zero-order valence-electron chi connectivity index (χ0n) is 16.6. The molecule has 1 aliphatic rings. The second-order valence-corrected chi connectivity index (χ2v) is 7.34. The van der Waals surface area contributed by atoms with Gasteiger partial charge in [0.2, 0.25) is 0 Å². The molecule has 1 saturated heterocycles. The van der Waals surface area contributed by atoms with Crippen LogP contribution >= 0.6 is 0 Å². The molecule has 0 unspecified atom stereocenters. The van der Waals surface area contributed by atoms with E-state index in [1.807, 2.05) is 0 Å². The molecule has 1 rings (SSSR count). The molecule has 0 atom stereocenters. The lowest BCUT2D eigenvalue weighted by Gasteiger charge is -2.17. The van der Waals surface area contributed by atoms with Crippen molar-refractivity contribution in [2.24, 2.45) is 0 Å². The lowest BCUT2D eigenvalue weighted by atomic mass is 10.1. The third-order valence-corrected chi connectivity index (χ3v) is 4.97. The number of carbonyl (C=O) groups is 2. The highest BCUT2D eigenvalue weighted by Crippen LogP contribution is 2.12. The fourth-order valence-electron chi connectivity index (χ4n) is 3.29. The zero-order valence-corrected chi connectivity index (χ0v) is 16.6. The van der Waals surface area contributed by atoms with Gasteiger partial charge in [-0.15, -0.1) is 0 Å². The standard InChI is InChI=1S/C20H38N2O4/c1-2-3-4-5-6-7-8-9-10-11-12-13-18-22(25)20(24)26-19(23)21-16-14-15-17-21/h25H,2-18H2,1H3. The average Bonchev–Trinajstić information content (AvgIpc) is 3.17. The van der Waals surface area contributed by atoms with Crippen LogP contribution in [-0.2, 0) is 4.74 Å². The van der Waals surface area contributed by atoms with E-state index in [2.05, 4.69) is 11.7 Å². The Hall–Kier alpha value is -1.30. The molecule has 0 aromatic heterocycles. The predicted octanol–water partition coefficient (Wildman–Crippen LogP) is 5.73. The largest absolute Gasteiger partial charge is 0.442 e. The van der Waals surface area contributed by atoms with Gasteiger partial charge in [0.15, 0.2) is 0 Å². The zero-order chi connectivity index (χ0) is 19.0. The van der Waals surface area contributed by atoms with Gasteiger partial charge in [0.05, 0.1) is 6.54 Å². The van der Waals surface area contributed by atoms with Gasteiger partial charge in [-0.1, -0.05) is 77.6 Å². The predicted molar refractivity (Wildman–Crippen MR) is 102 cm³/mol. The highest BCUT2D eigenvalue weighted by molar-refractivity contribution is 5.83. The monoisotopic (exact) mass is 370 g/mol. The molecule has 6 heteroatoms. The molecule has 0 bridgehead atoms. The van der Waals surface area contributed by atoms with Gasteiger partial charge < -0.3 is 9.64 Å². The van der Waals surface area contributed by atoms with Gasteiger partial charge in [0.1, 0.15) is 0 Å². The van der Waals surface area contributed by atoms with E-state index in [0.717, 1.165) is 32.1 Å². The van der Waals surface area contributed by atoms with Crippen LogP contribution in [0, 0.1) is 0 Å². The summed E-state index contributed by atoms with van der Waals surface area (Å²) in [5.74, 6) is 0. The Morgan fingerprint density at radius 1 is 0.846 bits per heavy atom. The third kappa shape index (κ3) is 10.6. The average molecular weight is 371 g/mol. The molecule has 0 radical (unpaired) electrons. The molecule has 0 aromatic carbocycles. The van der Waals surface area contributed by atoms with Crippen LogP contribution in [0.25, 0.3) is 0 Å². The molecule has 0 aromatic rings. The maximum atomic E-state index is 11.7. The number of rotatable bonds is 13. The molecule has 26 heavy (non-hydrogen) atoms. The number of unbranched alkanes of at least 4 members (excludes halogenated alkanes) is 11. The molecular weight excluding hydrogens is 332 g/mol. The Labute approximate surface area is 158 Å². The summed E-state index contributed by atoms with van der Waals surface area (Å²) in [6, 6.07) is 0. The molecule has 1 aliphatic heterocycles. The van der Waals surface area contributed by atoms with Crippen molar-refractivity contribution in [1.82, 2.24) is 9.96 Å². The fraction of sp³-hybridized carbons (Fsp3) is 0.900. The van der Waals surface area contributed by atoms with Crippen LogP contribution in [0.4, 0.5) is 9.59 Å². The molecule has 152 valence electrons. The molecule has 1 fully saturated rings. The van der Waals surface area contributed by atoms with Crippen molar-refractivity contribution in [2.45, 2.75) is 96.8 Å². The maximum absolute atomic E-state index is 11.7. The van der Waals surface area contributed by atoms with Crippen molar-refractivity contribution >= 4 is 12.2 Å². The van der Waals surface area contributed by atoms with Crippen molar-refractivity contribution < 1.29 is 19.5 Å². The molecule has 0 aliphatic carbocycles. The van der Waals surface area contributed by atoms with Gasteiger partial charge in [-0.25, -0.2) is 9.59 Å². The first-order chi connectivity index (χ1) is 12.6. The van der Waals surface area contributed by atoms with Crippen LogP contribution in [0.3, 0.4) is 0 Å². The van der Waals surface area contributed by atoms with Crippen LogP contribution < -0.4 is 0 Å². The third-order valence-electron chi connectivity index (χ3n) is 4.97. The van der Waals surface area contributed by atoms with Gasteiger partial charge >= 0.3 is 12.2 Å². The van der Waals surface area contributed by atoms with Gasteiger partial charge in [0.25, 0.3) is 0 Å². The summed E-state index contributed by atoms with van der Waals surface area (Å²) in [6.45, 7) is 3.70. The minimum atomic E-state index is -0.968. The van der Waals surface area contributed by atoms with Crippen molar-refractivity contribution in [1.29, 1.82) is 0 Å². The van der Waals surface area contributed by atoms with Gasteiger partial charge in [0, 0.05) is 13.1 Å². The number of ether oxygens (including phenoxy) is 1. The number of carbonyl (C=O) groups excluding carboxylic acids is 2. The lowest BCUT2D eigenvalue weighted by molar-refractivity contribution is -0.0679. The van der Waals surface area contributed by atoms with Crippen molar-refractivity contribution in [2.75, 3.05) is 19.6 Å². The molecule has 1 N–H and O–H groups in total. The van der Waals surface area contributed by atoms with Crippen LogP contribution in [0.2, 0.25) is 0 Å². The number of nitrogens with zero attached hydrogens (tertiary/aromatic N) is 2. The summed E-state index contributed by atoms with van der Waals surface area (Å²) in [4.78, 5) is 24.8. The van der Waals surface area contributed by atoms with Crippen LogP contribution in [-0.4, -0.2) is 47.0 Å². The van der Waals surface area contributed by atoms with E-state index in [0.29, 0.717) is 18.2 Å². The molecule has 2 amide bonds. The van der Waals surface area contributed by atoms with Gasteiger partial charge in [-0.3, -0.25) is 5.21 Å². The Kier molecular flexibility index (Phi) is 13.0. The quantitative estimate of drug-likeness (QED) is 0.194. The molecule has 0 spiro atoms. The van der Waals surface area contributed by atoms with Crippen LogP contribution in [0.5, 0.6) is 0 Å². The Morgan fingerprint density at radius 3 is 1.81 bits per heavy atom. The number of hydroxylamine groups is 2. The van der Waals surface area contributed by atoms with Crippen molar-refractivity contribution in [3.63, 3.8) is 0 Å². The second kappa shape index (κ2) is 14.8. The van der Waals surface area contributed by atoms with Crippen molar-refractivity contribution in [3.8, 4) is 0 Å². The normalized spacial score (nSPS) is 13.8. The first kappa shape index (κ1) is 22.7. The van der Waals surface area contributed by atoms with E-state index >= 15 is 0 Å². The summed E-state index contributed by atoms with van der Waals surface area (Å²) < 4.78 is 4.68. The van der Waals surface area contributed by atoms with E-state index in [4.69, 9.17) is 0 Å². The van der Waals surface area contributed by atoms with E-state index in [9.17, 15) is 14.8 Å². The number of amides is 2. The maximum Gasteiger partial charge on any atom is 0.442 e. The Morgan fingerprint density at radius 2 is 1.31 bits per heavy atom. The smallest absolute Gasteiger partial charge is 0.358 e. The highest BCUT2D eigenvalue weighted by atomic mass is 16.7. The van der Waals surface area contributed by atoms with Gasteiger partial charge in [-0.2, -0.15) is 5.06 Å². The van der Waals surface area contributed by atoms with Crippen molar-refractivity contribution in [3.05, 3.63) is 0 Å². The fourth-order valence-corrected chi connectivity index (χ4v) is 3.29. The number of hydrogen-bond acceptors (Lipinski definition) is 4. The first-order valence-corrected chi connectivity index (χ1v) is 10.6. The van der Waals surface area contributed by atoms with Crippen LogP contribution in [0.1, 0.15) is 96.8 Å². The van der Waals surface area contributed by atoms with E-state index in [-0.39, 0.29) is 6.54 Å². The van der Waals surface area contributed by atoms with E-state index in [1.54, 1.807) is 0 Å². The summed E-state index contributed by atoms with van der Waals surface area (Å²) >= 11 is 0. The van der Waals surface area contributed by atoms with E-state index < -0.39 is 12.2 Å². The summed E-state index contributed by atoms with van der Waals surface area (Å²) in [6.07, 6.45) is 15.0. The summed E-state index contributed by atoms with van der Waals surface area (Å²) in [7, 11) is 0. The molecule has 1 heterocycles. The Balaban J connectivity index is 1.90. The first-order valence-electron chi connectivity index (χ1n) is 10.6. The lowest BCUT2D eigenvalue weighted by Crippen LogP contribution is -2.36. The minimum absolute atomic E-state index is 0.212. The Bertz CT molecular complexity index is 384. The number of hydrogen-bond donors (Lipinski definition) is 1. The van der Waals surface area contributed by atoms with Crippen LogP contribution in [0.15, 0.2) is 0 Å². The summed E-state index contributed by atoms with van der Waals surface area (Å²) in [5, 5.41) is 10.2. The summed E-state index contributed by atoms with van der Waals surface area (Å²) in [5.41, 5.74) is 0. The second-order valence-electron chi connectivity index (χ2n) is 7.34. The number of likely N-dealkylation sites (tertiary alicyclic amines) is 1. The molecular formula is C20H38N2O4. The topological polar surface area (TPSA) is 70.1 Å². The SMILES string of the molecule is CCCCCCCCCCCCCCN(O)C(=O)OC(=O)N1CCCC1. The molecule has 0 saturated carbocycles. The van der Waals surface area contributed by atoms with Gasteiger partial charge in [-0.05, 0) is 19.3 Å². The highest BCUT2D eigenvalue weighted by Gasteiger charge is 2.24. The van der Waals surface area contributed by atoms with E-state index in [1.165, 1.54) is 62.7 Å².